The van der Waals surface area contributed by atoms with Crippen molar-refractivity contribution in [3.05, 3.63) is 0 Å². The number of ether oxygens (including phenoxy) is 2. The van der Waals surface area contributed by atoms with Gasteiger partial charge in [0, 0.05) is 6.61 Å². The highest BCUT2D eigenvalue weighted by molar-refractivity contribution is 5.56. The maximum atomic E-state index is 10.1. The minimum Gasteiger partial charge on any atom is -0.353 e. The van der Waals surface area contributed by atoms with Crippen LogP contribution in [0.25, 0.3) is 0 Å². The maximum absolute atomic E-state index is 10.1. The highest BCUT2D eigenvalue weighted by Crippen LogP contribution is 2.14. The molecule has 1 fully saturated rings. The summed E-state index contributed by atoms with van der Waals surface area (Å²) in [5, 5.41) is 0. The first kappa shape index (κ1) is 8.68. The van der Waals surface area contributed by atoms with Gasteiger partial charge >= 0.3 is 0 Å². The van der Waals surface area contributed by atoms with Crippen molar-refractivity contribution in [3.8, 4) is 0 Å². The summed E-state index contributed by atoms with van der Waals surface area (Å²) in [5.41, 5.74) is 0. The summed E-state index contributed by atoms with van der Waals surface area (Å²) in [6, 6.07) is 0. The molecule has 0 spiro atoms. The third kappa shape index (κ3) is 2.99. The van der Waals surface area contributed by atoms with E-state index in [0.717, 1.165) is 25.9 Å². The first-order chi connectivity index (χ1) is 5.33. The predicted molar refractivity (Wildman–Crippen MR) is 39.8 cm³/mol. The molecule has 0 bridgehead atoms. The van der Waals surface area contributed by atoms with E-state index in [9.17, 15) is 4.79 Å². The Kier molecular flexibility index (Phi) is 3.52. The molecule has 3 nitrogen and oxygen atoms in total. The molecule has 1 saturated heterocycles. The molecule has 3 heteroatoms. The van der Waals surface area contributed by atoms with E-state index < -0.39 is 6.10 Å². The molecule has 2 unspecified atom stereocenters. The summed E-state index contributed by atoms with van der Waals surface area (Å²) in [6.45, 7) is 2.42. The molecule has 1 aliphatic rings. The fourth-order valence-electron chi connectivity index (χ4n) is 1.07. The van der Waals surface area contributed by atoms with Crippen LogP contribution in [0, 0.1) is 0 Å². The van der Waals surface area contributed by atoms with Crippen LogP contribution in [0.3, 0.4) is 0 Å². The Morgan fingerprint density at radius 3 is 3.00 bits per heavy atom. The number of hydrogen-bond acceptors (Lipinski definition) is 3. The fraction of sp³-hybridized carbons (Fsp3) is 0.875. The molecule has 0 amide bonds. The van der Waals surface area contributed by atoms with Crippen molar-refractivity contribution in [3.63, 3.8) is 0 Å². The van der Waals surface area contributed by atoms with E-state index in [4.69, 9.17) is 9.47 Å². The van der Waals surface area contributed by atoms with E-state index in [1.165, 1.54) is 0 Å². The lowest BCUT2D eigenvalue weighted by Gasteiger charge is -2.23. The highest BCUT2D eigenvalue weighted by atomic mass is 16.7. The van der Waals surface area contributed by atoms with Crippen molar-refractivity contribution in [2.24, 2.45) is 0 Å². The second kappa shape index (κ2) is 4.46. The van der Waals surface area contributed by atoms with Gasteiger partial charge in [0.05, 0.1) is 0 Å². The minimum absolute atomic E-state index is 0.180. The van der Waals surface area contributed by atoms with E-state index in [-0.39, 0.29) is 6.29 Å². The van der Waals surface area contributed by atoms with E-state index in [1.807, 2.05) is 0 Å². The summed E-state index contributed by atoms with van der Waals surface area (Å²) < 4.78 is 10.4. The van der Waals surface area contributed by atoms with Crippen LogP contribution >= 0.6 is 0 Å². The summed E-state index contributed by atoms with van der Waals surface area (Å²) in [4.78, 5) is 10.1. The minimum atomic E-state index is -0.460. The van der Waals surface area contributed by atoms with E-state index in [2.05, 4.69) is 0 Å². The number of hydrogen-bond donors (Lipinski definition) is 0. The number of carbonyl (C=O) groups excluding carboxylic acids is 1. The molecule has 0 aromatic rings. The van der Waals surface area contributed by atoms with E-state index >= 15 is 0 Å². The third-order valence-corrected chi connectivity index (χ3v) is 1.66. The number of rotatable bonds is 3. The Bertz CT molecular complexity index is 119. The molecule has 0 aromatic carbocycles. The Hall–Kier alpha value is -0.410. The van der Waals surface area contributed by atoms with Crippen molar-refractivity contribution in [2.45, 2.75) is 38.6 Å². The Morgan fingerprint density at radius 2 is 2.45 bits per heavy atom. The van der Waals surface area contributed by atoms with Gasteiger partial charge in [-0.05, 0) is 26.2 Å². The Morgan fingerprint density at radius 1 is 1.64 bits per heavy atom. The summed E-state index contributed by atoms with van der Waals surface area (Å²) in [6.07, 6.45) is 4.23. The standard InChI is InChI=1S/C8H13O3/c1-7(6-9)11-8-4-2-3-5-10-8/h7-8H,2-5H2,1H3. The Labute approximate surface area is 66.7 Å². The largest absolute Gasteiger partial charge is 0.353 e. The molecule has 0 aromatic heterocycles. The average molecular weight is 157 g/mol. The monoisotopic (exact) mass is 157 g/mol. The van der Waals surface area contributed by atoms with Gasteiger partial charge in [0.25, 0.3) is 0 Å². The van der Waals surface area contributed by atoms with Crippen molar-refractivity contribution in [1.82, 2.24) is 0 Å². The fourth-order valence-corrected chi connectivity index (χ4v) is 1.07. The maximum Gasteiger partial charge on any atom is 0.229 e. The molecular formula is C8H13O3. The van der Waals surface area contributed by atoms with Gasteiger partial charge in [0.2, 0.25) is 6.29 Å². The molecule has 11 heavy (non-hydrogen) atoms. The molecule has 63 valence electrons. The molecule has 0 aliphatic carbocycles. The lowest BCUT2D eigenvalue weighted by atomic mass is 10.2. The molecule has 1 radical (unpaired) electrons. The molecule has 1 aliphatic heterocycles. The van der Waals surface area contributed by atoms with Crippen molar-refractivity contribution in [1.29, 1.82) is 0 Å². The third-order valence-electron chi connectivity index (χ3n) is 1.66. The SMILES string of the molecule is CC([C]=O)OC1CCCCO1. The molecule has 2 atom stereocenters. The van der Waals surface area contributed by atoms with Crippen LogP contribution in [-0.4, -0.2) is 25.3 Å². The van der Waals surface area contributed by atoms with E-state index in [0.29, 0.717) is 0 Å². The lowest BCUT2D eigenvalue weighted by Crippen LogP contribution is -2.26. The Balaban J connectivity index is 2.18. The van der Waals surface area contributed by atoms with Gasteiger partial charge in [-0.1, -0.05) is 0 Å². The summed E-state index contributed by atoms with van der Waals surface area (Å²) in [5.74, 6) is 0. The van der Waals surface area contributed by atoms with Crippen LogP contribution in [0.5, 0.6) is 0 Å². The topological polar surface area (TPSA) is 35.5 Å². The van der Waals surface area contributed by atoms with Gasteiger partial charge in [-0.2, -0.15) is 0 Å². The van der Waals surface area contributed by atoms with Crippen molar-refractivity contribution in [2.75, 3.05) is 6.61 Å². The second-order valence-corrected chi connectivity index (χ2v) is 2.69. The summed E-state index contributed by atoms with van der Waals surface area (Å²) in [7, 11) is 0. The first-order valence-corrected chi connectivity index (χ1v) is 3.97. The van der Waals surface area contributed by atoms with Crippen LogP contribution in [0.1, 0.15) is 26.2 Å². The smallest absolute Gasteiger partial charge is 0.229 e. The molecule has 1 rings (SSSR count). The second-order valence-electron chi connectivity index (χ2n) is 2.69. The van der Waals surface area contributed by atoms with E-state index in [1.54, 1.807) is 13.2 Å². The van der Waals surface area contributed by atoms with Crippen LogP contribution in [-0.2, 0) is 14.3 Å². The van der Waals surface area contributed by atoms with Gasteiger partial charge in [0.1, 0.15) is 6.10 Å². The highest BCUT2D eigenvalue weighted by Gasteiger charge is 2.16. The zero-order valence-corrected chi connectivity index (χ0v) is 6.71. The average Bonchev–Trinajstić information content (AvgIpc) is 2.06. The first-order valence-electron chi connectivity index (χ1n) is 3.97. The lowest BCUT2D eigenvalue weighted by molar-refractivity contribution is -0.171. The van der Waals surface area contributed by atoms with Gasteiger partial charge < -0.3 is 9.47 Å². The van der Waals surface area contributed by atoms with Gasteiger partial charge in [-0.15, -0.1) is 0 Å². The van der Waals surface area contributed by atoms with Gasteiger partial charge in [-0.3, -0.25) is 4.79 Å². The van der Waals surface area contributed by atoms with Gasteiger partial charge in [0.15, 0.2) is 6.29 Å². The van der Waals surface area contributed by atoms with Crippen LogP contribution < -0.4 is 0 Å². The predicted octanol–water partition coefficient (Wildman–Crippen LogP) is 1.03. The molecule has 1 heterocycles. The van der Waals surface area contributed by atoms with Crippen LogP contribution in [0.4, 0.5) is 0 Å². The van der Waals surface area contributed by atoms with Gasteiger partial charge in [-0.25, -0.2) is 0 Å². The van der Waals surface area contributed by atoms with Crippen molar-refractivity contribution >= 4 is 6.29 Å². The van der Waals surface area contributed by atoms with Crippen LogP contribution in [0.15, 0.2) is 0 Å². The van der Waals surface area contributed by atoms with Crippen LogP contribution in [0.2, 0.25) is 0 Å². The van der Waals surface area contributed by atoms with Crippen molar-refractivity contribution < 1.29 is 14.3 Å². The molecule has 0 N–H and O–H groups in total. The normalized spacial score (nSPS) is 27.9. The quantitative estimate of drug-likeness (QED) is 0.613. The summed E-state index contributed by atoms with van der Waals surface area (Å²) >= 11 is 0. The zero-order valence-electron chi connectivity index (χ0n) is 6.71. The molecule has 0 saturated carbocycles. The molecular weight excluding hydrogens is 144 g/mol. The zero-order chi connectivity index (χ0) is 8.10.